The molecule has 0 atom stereocenters. The van der Waals surface area contributed by atoms with E-state index in [2.05, 4.69) is 4.98 Å². The van der Waals surface area contributed by atoms with Gasteiger partial charge in [-0.2, -0.15) is 0 Å². The maximum absolute atomic E-state index is 11.7. The molecule has 0 fully saturated rings. The summed E-state index contributed by atoms with van der Waals surface area (Å²) >= 11 is 0. The molecule has 20 heavy (non-hydrogen) atoms. The van der Waals surface area contributed by atoms with Crippen LogP contribution in [0.5, 0.6) is 5.75 Å². The van der Waals surface area contributed by atoms with E-state index in [4.69, 9.17) is 0 Å². The first-order chi connectivity index (χ1) is 9.65. The quantitative estimate of drug-likeness (QED) is 0.733. The predicted molar refractivity (Wildman–Crippen MR) is 79.9 cm³/mol. The number of pyridine rings is 1. The van der Waals surface area contributed by atoms with Crippen molar-refractivity contribution < 1.29 is 5.11 Å². The second-order valence-electron chi connectivity index (χ2n) is 4.75. The summed E-state index contributed by atoms with van der Waals surface area (Å²) in [6.45, 7) is 1.68. The van der Waals surface area contributed by atoms with Gasteiger partial charge in [-0.1, -0.05) is 30.3 Å². The highest BCUT2D eigenvalue weighted by Gasteiger charge is 2.04. The first-order valence-corrected chi connectivity index (χ1v) is 6.34. The molecule has 2 aromatic carbocycles. The standard InChI is InChI=1S/C17H13NO2/c1-11-6-7-12(9-16(19)17(11)20)14-8-13-4-2-3-5-15(13)18-10-14/h2-10H,1H3,(H,19,20). The van der Waals surface area contributed by atoms with E-state index in [1.54, 1.807) is 19.2 Å². The molecule has 3 nitrogen and oxygen atoms in total. The molecule has 0 aliphatic heterocycles. The van der Waals surface area contributed by atoms with Crippen molar-refractivity contribution >= 4 is 10.9 Å². The van der Waals surface area contributed by atoms with Gasteiger partial charge in [-0.25, -0.2) is 0 Å². The van der Waals surface area contributed by atoms with Gasteiger partial charge in [0.25, 0.3) is 0 Å². The highest BCUT2D eigenvalue weighted by atomic mass is 16.3. The van der Waals surface area contributed by atoms with E-state index in [1.165, 1.54) is 6.07 Å². The Hall–Kier alpha value is -2.68. The molecule has 0 spiro atoms. The Kier molecular flexibility index (Phi) is 2.95. The summed E-state index contributed by atoms with van der Waals surface area (Å²) in [4.78, 5) is 16.1. The normalized spacial score (nSPS) is 10.7. The highest BCUT2D eigenvalue weighted by molar-refractivity contribution is 5.83. The van der Waals surface area contributed by atoms with E-state index in [-0.39, 0.29) is 11.2 Å². The van der Waals surface area contributed by atoms with Crippen LogP contribution in [0.2, 0.25) is 0 Å². The van der Waals surface area contributed by atoms with Gasteiger partial charge in [-0.05, 0) is 30.7 Å². The van der Waals surface area contributed by atoms with E-state index in [9.17, 15) is 9.90 Å². The Morgan fingerprint density at radius 1 is 1.00 bits per heavy atom. The molecule has 0 saturated carbocycles. The summed E-state index contributed by atoms with van der Waals surface area (Å²) in [5.74, 6) is -0.240. The molecule has 3 rings (SSSR count). The van der Waals surface area contributed by atoms with Crippen molar-refractivity contribution in [3.63, 3.8) is 0 Å². The third-order valence-corrected chi connectivity index (χ3v) is 3.32. The van der Waals surface area contributed by atoms with Crippen LogP contribution in [0.3, 0.4) is 0 Å². The number of para-hydroxylation sites is 1. The molecular formula is C17H13NO2. The van der Waals surface area contributed by atoms with Gasteiger partial charge in [0.2, 0.25) is 5.43 Å². The zero-order chi connectivity index (χ0) is 14.1. The van der Waals surface area contributed by atoms with E-state index >= 15 is 0 Å². The van der Waals surface area contributed by atoms with E-state index in [0.29, 0.717) is 5.56 Å². The molecule has 0 aliphatic rings. The lowest BCUT2D eigenvalue weighted by molar-refractivity contribution is 0.470. The molecule has 3 aromatic rings. The number of aromatic nitrogens is 1. The summed E-state index contributed by atoms with van der Waals surface area (Å²) in [6.07, 6.45) is 1.75. The Labute approximate surface area is 116 Å². The van der Waals surface area contributed by atoms with Gasteiger partial charge in [-0.3, -0.25) is 9.78 Å². The van der Waals surface area contributed by atoms with Crippen LogP contribution in [0.15, 0.2) is 59.5 Å². The number of nitrogens with zero attached hydrogens (tertiary/aromatic N) is 1. The van der Waals surface area contributed by atoms with Crippen LogP contribution in [0, 0.1) is 6.92 Å². The molecule has 1 heterocycles. The van der Waals surface area contributed by atoms with Gasteiger partial charge >= 0.3 is 0 Å². The van der Waals surface area contributed by atoms with Crippen molar-refractivity contribution in [2.75, 3.05) is 0 Å². The second kappa shape index (κ2) is 4.78. The highest BCUT2D eigenvalue weighted by Crippen LogP contribution is 2.23. The smallest absolute Gasteiger partial charge is 0.223 e. The Bertz CT molecular complexity index is 856. The number of fused-ring (bicyclic) bond motifs is 1. The molecule has 0 bridgehead atoms. The van der Waals surface area contributed by atoms with E-state index < -0.39 is 0 Å². The van der Waals surface area contributed by atoms with Crippen LogP contribution in [-0.4, -0.2) is 10.1 Å². The summed E-state index contributed by atoms with van der Waals surface area (Å²) in [5.41, 5.74) is 2.73. The second-order valence-corrected chi connectivity index (χ2v) is 4.75. The Balaban J connectivity index is 2.23. The van der Waals surface area contributed by atoms with Gasteiger partial charge in [0.05, 0.1) is 5.52 Å². The zero-order valence-electron chi connectivity index (χ0n) is 11.0. The van der Waals surface area contributed by atoms with Gasteiger partial charge in [0.1, 0.15) is 0 Å². The molecule has 0 unspecified atom stereocenters. The topological polar surface area (TPSA) is 50.2 Å². The SMILES string of the molecule is Cc1ccc(-c2cnc3ccccc3c2)cc(O)c1=O. The summed E-state index contributed by atoms with van der Waals surface area (Å²) in [6, 6.07) is 14.8. The molecule has 1 aromatic heterocycles. The molecular weight excluding hydrogens is 250 g/mol. The third-order valence-electron chi connectivity index (χ3n) is 3.32. The minimum Gasteiger partial charge on any atom is -0.504 e. The van der Waals surface area contributed by atoms with Crippen molar-refractivity contribution in [3.05, 3.63) is 70.5 Å². The summed E-state index contributed by atoms with van der Waals surface area (Å²) in [7, 11) is 0. The molecule has 1 N–H and O–H groups in total. The fourth-order valence-electron chi connectivity index (χ4n) is 2.16. The lowest BCUT2D eigenvalue weighted by Crippen LogP contribution is -1.99. The summed E-state index contributed by atoms with van der Waals surface area (Å²) < 4.78 is 0. The predicted octanol–water partition coefficient (Wildman–Crippen LogP) is 3.28. The largest absolute Gasteiger partial charge is 0.504 e. The van der Waals surface area contributed by atoms with Crippen LogP contribution in [0.25, 0.3) is 22.0 Å². The van der Waals surface area contributed by atoms with Crippen molar-refractivity contribution in [2.24, 2.45) is 0 Å². The van der Waals surface area contributed by atoms with Crippen molar-refractivity contribution in [1.82, 2.24) is 4.98 Å². The van der Waals surface area contributed by atoms with Crippen LogP contribution in [0.4, 0.5) is 0 Å². The number of aromatic hydroxyl groups is 1. The van der Waals surface area contributed by atoms with Gasteiger partial charge < -0.3 is 5.11 Å². The fraction of sp³-hybridized carbons (Fsp3) is 0.0588. The third kappa shape index (κ3) is 2.14. The monoisotopic (exact) mass is 263 g/mol. The fourth-order valence-corrected chi connectivity index (χ4v) is 2.16. The van der Waals surface area contributed by atoms with Gasteiger partial charge in [-0.15, -0.1) is 0 Å². The van der Waals surface area contributed by atoms with Crippen LogP contribution >= 0.6 is 0 Å². The number of hydrogen-bond donors (Lipinski definition) is 1. The van der Waals surface area contributed by atoms with Crippen molar-refractivity contribution in [3.8, 4) is 16.9 Å². The van der Waals surface area contributed by atoms with Gasteiger partial charge in [0, 0.05) is 22.7 Å². The van der Waals surface area contributed by atoms with Crippen molar-refractivity contribution in [1.29, 1.82) is 0 Å². The first kappa shape index (κ1) is 12.4. The average Bonchev–Trinajstić information content (AvgIpc) is 2.60. The van der Waals surface area contributed by atoms with E-state index in [0.717, 1.165) is 22.0 Å². The Morgan fingerprint density at radius 3 is 2.65 bits per heavy atom. The number of benzene rings is 1. The minimum absolute atomic E-state index is 0.240. The molecule has 0 saturated heterocycles. The lowest BCUT2D eigenvalue weighted by Gasteiger charge is -2.01. The number of aryl methyl sites for hydroxylation is 1. The maximum Gasteiger partial charge on any atom is 0.223 e. The number of rotatable bonds is 1. The molecule has 0 amide bonds. The maximum atomic E-state index is 11.7. The molecule has 3 heteroatoms. The first-order valence-electron chi connectivity index (χ1n) is 6.34. The summed E-state index contributed by atoms with van der Waals surface area (Å²) in [5, 5.41) is 10.8. The lowest BCUT2D eigenvalue weighted by atomic mass is 10.1. The van der Waals surface area contributed by atoms with Crippen LogP contribution in [-0.2, 0) is 0 Å². The average molecular weight is 263 g/mol. The minimum atomic E-state index is -0.343. The zero-order valence-corrected chi connectivity index (χ0v) is 11.0. The van der Waals surface area contributed by atoms with Crippen molar-refractivity contribution in [2.45, 2.75) is 6.92 Å². The molecule has 98 valence electrons. The van der Waals surface area contributed by atoms with Crippen LogP contribution in [0.1, 0.15) is 5.56 Å². The number of hydrogen-bond acceptors (Lipinski definition) is 3. The van der Waals surface area contributed by atoms with E-state index in [1.807, 2.05) is 36.4 Å². The molecule has 0 radical (unpaired) electrons. The molecule has 0 aliphatic carbocycles. The Morgan fingerprint density at radius 2 is 1.80 bits per heavy atom. The van der Waals surface area contributed by atoms with Gasteiger partial charge in [0.15, 0.2) is 5.75 Å². The van der Waals surface area contributed by atoms with Crippen LogP contribution < -0.4 is 5.43 Å².